The predicted molar refractivity (Wildman–Crippen MR) is 99.9 cm³/mol. The van der Waals surface area contributed by atoms with Gasteiger partial charge >= 0.3 is 6.09 Å². The summed E-state index contributed by atoms with van der Waals surface area (Å²) >= 11 is 0. The predicted octanol–water partition coefficient (Wildman–Crippen LogP) is 4.01. The molecule has 1 aliphatic carbocycles. The van der Waals surface area contributed by atoms with E-state index in [1.165, 1.54) is 5.56 Å². The molecule has 2 aliphatic rings. The molecular weight excluding hydrogens is 330 g/mol. The van der Waals surface area contributed by atoms with Crippen LogP contribution in [-0.4, -0.2) is 48.5 Å². The number of hydrogen-bond acceptors (Lipinski definition) is 4. The van der Waals surface area contributed by atoms with E-state index in [-0.39, 0.29) is 12.2 Å². The second-order valence-electron chi connectivity index (χ2n) is 8.42. The Hall–Kier alpha value is -1.59. The quantitative estimate of drug-likeness (QED) is 0.736. The number of carbonyl (C=O) groups excluding carboxylic acids is 1. The SMILES string of the molecule is CC(C)(C)OC(=O)N1CC(OCCC2CC(OCc3ccccc3)C2)C1. The van der Waals surface area contributed by atoms with E-state index in [1.807, 2.05) is 39.0 Å². The van der Waals surface area contributed by atoms with Crippen LogP contribution < -0.4 is 0 Å². The fraction of sp³-hybridized carbons (Fsp3) is 0.667. The molecule has 3 rings (SSSR count). The first-order valence-electron chi connectivity index (χ1n) is 9.64. The zero-order chi connectivity index (χ0) is 18.6. The van der Waals surface area contributed by atoms with E-state index in [2.05, 4.69) is 12.1 Å². The van der Waals surface area contributed by atoms with Crippen LogP contribution >= 0.6 is 0 Å². The van der Waals surface area contributed by atoms with Crippen molar-refractivity contribution in [1.29, 1.82) is 0 Å². The monoisotopic (exact) mass is 361 g/mol. The van der Waals surface area contributed by atoms with Crippen molar-refractivity contribution in [2.75, 3.05) is 19.7 Å². The maximum atomic E-state index is 11.9. The molecule has 1 aliphatic heterocycles. The van der Waals surface area contributed by atoms with Gasteiger partial charge in [-0.15, -0.1) is 0 Å². The van der Waals surface area contributed by atoms with Crippen LogP contribution in [0.2, 0.25) is 0 Å². The molecule has 0 radical (unpaired) electrons. The lowest BCUT2D eigenvalue weighted by molar-refractivity contribution is -0.0790. The zero-order valence-electron chi connectivity index (χ0n) is 16.1. The normalized spacial score (nSPS) is 23.3. The maximum Gasteiger partial charge on any atom is 0.410 e. The second-order valence-corrected chi connectivity index (χ2v) is 8.42. The van der Waals surface area contributed by atoms with E-state index in [1.54, 1.807) is 4.90 Å². The molecule has 0 atom stereocenters. The summed E-state index contributed by atoms with van der Waals surface area (Å²) in [5, 5.41) is 0. The number of benzene rings is 1. The Bertz CT molecular complexity index is 571. The molecule has 1 aromatic rings. The number of amides is 1. The van der Waals surface area contributed by atoms with Gasteiger partial charge in [0.25, 0.3) is 0 Å². The molecule has 1 aromatic carbocycles. The van der Waals surface area contributed by atoms with Gasteiger partial charge in [-0.1, -0.05) is 30.3 Å². The summed E-state index contributed by atoms with van der Waals surface area (Å²) in [5.41, 5.74) is 0.797. The molecule has 2 fully saturated rings. The first kappa shape index (κ1) is 19.2. The van der Waals surface area contributed by atoms with Gasteiger partial charge in [0.05, 0.1) is 31.9 Å². The first-order valence-corrected chi connectivity index (χ1v) is 9.64. The summed E-state index contributed by atoms with van der Waals surface area (Å²) in [4.78, 5) is 13.6. The molecular formula is C21H31NO4. The molecule has 0 bridgehead atoms. The lowest BCUT2D eigenvalue weighted by atomic mass is 9.80. The van der Waals surface area contributed by atoms with Crippen molar-refractivity contribution in [2.24, 2.45) is 5.92 Å². The molecule has 1 saturated heterocycles. The van der Waals surface area contributed by atoms with Gasteiger partial charge in [0.2, 0.25) is 0 Å². The van der Waals surface area contributed by atoms with Crippen molar-refractivity contribution in [3.63, 3.8) is 0 Å². The van der Waals surface area contributed by atoms with Crippen molar-refractivity contribution in [2.45, 2.75) is 64.4 Å². The Morgan fingerprint density at radius 2 is 1.77 bits per heavy atom. The van der Waals surface area contributed by atoms with Gasteiger partial charge in [0.1, 0.15) is 5.60 Å². The van der Waals surface area contributed by atoms with Gasteiger partial charge in [-0.2, -0.15) is 0 Å². The highest BCUT2D eigenvalue weighted by molar-refractivity contribution is 5.69. The number of likely N-dealkylation sites (tertiary alicyclic amines) is 1. The van der Waals surface area contributed by atoms with E-state index < -0.39 is 5.60 Å². The summed E-state index contributed by atoms with van der Waals surface area (Å²) in [7, 11) is 0. The summed E-state index contributed by atoms with van der Waals surface area (Å²) in [6.07, 6.45) is 3.65. The summed E-state index contributed by atoms with van der Waals surface area (Å²) in [6.45, 7) is 8.40. The van der Waals surface area contributed by atoms with Crippen molar-refractivity contribution in [3.05, 3.63) is 35.9 Å². The minimum Gasteiger partial charge on any atom is -0.444 e. The fourth-order valence-corrected chi connectivity index (χ4v) is 3.26. The average Bonchev–Trinajstić information content (AvgIpc) is 2.49. The van der Waals surface area contributed by atoms with E-state index in [9.17, 15) is 4.79 Å². The Labute approximate surface area is 156 Å². The standard InChI is InChI=1S/C21H31NO4/c1-21(2,3)26-20(23)22-13-19(14-22)24-10-9-17-11-18(12-17)25-15-16-7-5-4-6-8-16/h4-8,17-19H,9-15H2,1-3H3. The number of rotatable bonds is 7. The number of hydrogen-bond donors (Lipinski definition) is 0. The lowest BCUT2D eigenvalue weighted by Gasteiger charge is -2.40. The van der Waals surface area contributed by atoms with Gasteiger partial charge < -0.3 is 19.1 Å². The number of carbonyl (C=O) groups is 1. The van der Waals surface area contributed by atoms with E-state index in [0.29, 0.717) is 31.7 Å². The Kier molecular flexibility index (Phi) is 6.20. The molecule has 26 heavy (non-hydrogen) atoms. The lowest BCUT2D eigenvalue weighted by Crippen LogP contribution is -2.56. The van der Waals surface area contributed by atoms with Gasteiger partial charge in [-0.3, -0.25) is 0 Å². The first-order chi connectivity index (χ1) is 12.4. The molecule has 0 spiro atoms. The Morgan fingerprint density at radius 1 is 1.08 bits per heavy atom. The molecule has 0 N–H and O–H groups in total. The van der Waals surface area contributed by atoms with Crippen molar-refractivity contribution in [3.8, 4) is 0 Å². The fourth-order valence-electron chi connectivity index (χ4n) is 3.26. The highest BCUT2D eigenvalue weighted by Crippen LogP contribution is 2.33. The molecule has 1 amide bonds. The van der Waals surface area contributed by atoms with Crippen LogP contribution in [0.5, 0.6) is 0 Å². The van der Waals surface area contributed by atoms with Crippen molar-refractivity contribution >= 4 is 6.09 Å². The van der Waals surface area contributed by atoms with Crippen LogP contribution in [0, 0.1) is 5.92 Å². The molecule has 0 unspecified atom stereocenters. The van der Waals surface area contributed by atoms with Gasteiger partial charge in [-0.25, -0.2) is 4.79 Å². The van der Waals surface area contributed by atoms with Gasteiger partial charge in [0.15, 0.2) is 0 Å². The molecule has 1 saturated carbocycles. The topological polar surface area (TPSA) is 48.0 Å². The molecule has 144 valence electrons. The van der Waals surface area contributed by atoms with Crippen LogP contribution in [0.3, 0.4) is 0 Å². The molecule has 5 nitrogen and oxygen atoms in total. The minimum absolute atomic E-state index is 0.160. The summed E-state index contributed by atoms with van der Waals surface area (Å²) in [6, 6.07) is 10.3. The summed E-state index contributed by atoms with van der Waals surface area (Å²) in [5.74, 6) is 0.706. The average molecular weight is 361 g/mol. The maximum absolute atomic E-state index is 11.9. The van der Waals surface area contributed by atoms with E-state index in [0.717, 1.165) is 25.9 Å². The Morgan fingerprint density at radius 3 is 2.42 bits per heavy atom. The molecule has 0 aromatic heterocycles. The number of ether oxygens (including phenoxy) is 3. The largest absolute Gasteiger partial charge is 0.444 e. The van der Waals surface area contributed by atoms with Crippen LogP contribution in [0.25, 0.3) is 0 Å². The van der Waals surface area contributed by atoms with Crippen LogP contribution in [0.4, 0.5) is 4.79 Å². The highest BCUT2D eigenvalue weighted by atomic mass is 16.6. The summed E-state index contributed by atoms with van der Waals surface area (Å²) < 4.78 is 17.1. The second kappa shape index (κ2) is 8.40. The zero-order valence-corrected chi connectivity index (χ0v) is 16.1. The third kappa shape index (κ3) is 5.71. The number of nitrogens with zero attached hydrogens (tertiary/aromatic N) is 1. The van der Waals surface area contributed by atoms with Crippen molar-refractivity contribution in [1.82, 2.24) is 4.90 Å². The molecule has 1 heterocycles. The van der Waals surface area contributed by atoms with Crippen LogP contribution in [0.15, 0.2) is 30.3 Å². The molecule has 5 heteroatoms. The van der Waals surface area contributed by atoms with E-state index in [4.69, 9.17) is 14.2 Å². The van der Waals surface area contributed by atoms with Crippen LogP contribution in [0.1, 0.15) is 45.6 Å². The smallest absolute Gasteiger partial charge is 0.410 e. The third-order valence-corrected chi connectivity index (χ3v) is 4.90. The third-order valence-electron chi connectivity index (χ3n) is 4.90. The van der Waals surface area contributed by atoms with Crippen LogP contribution in [-0.2, 0) is 20.8 Å². The highest BCUT2D eigenvalue weighted by Gasteiger charge is 2.35. The van der Waals surface area contributed by atoms with E-state index >= 15 is 0 Å². The van der Waals surface area contributed by atoms with Gasteiger partial charge in [0, 0.05) is 6.61 Å². The van der Waals surface area contributed by atoms with Gasteiger partial charge in [-0.05, 0) is 51.5 Å². The minimum atomic E-state index is -0.438. The Balaban J connectivity index is 1.20. The van der Waals surface area contributed by atoms with Crippen molar-refractivity contribution < 1.29 is 19.0 Å².